The highest BCUT2D eigenvalue weighted by Gasteiger charge is 2.29. The molecule has 1 fully saturated rings. The Kier molecular flexibility index (Phi) is 4.78. The number of aromatic nitrogens is 2. The van der Waals surface area contributed by atoms with Crippen molar-refractivity contribution in [1.82, 2.24) is 10.2 Å². The summed E-state index contributed by atoms with van der Waals surface area (Å²) in [5.41, 5.74) is 4.02. The smallest absolute Gasteiger partial charge is 0.161 e. The fourth-order valence-electron chi connectivity index (χ4n) is 3.21. The number of aliphatic hydroxyl groups excluding tert-OH is 1. The molecule has 2 aliphatic carbocycles. The molecular weight excluding hydrogens is 276 g/mol. The van der Waals surface area contributed by atoms with Crippen molar-refractivity contribution in [2.24, 2.45) is 10.8 Å². The van der Waals surface area contributed by atoms with Gasteiger partial charge in [0.25, 0.3) is 0 Å². The van der Waals surface area contributed by atoms with Gasteiger partial charge in [-0.25, -0.2) is 0 Å². The van der Waals surface area contributed by atoms with Crippen LogP contribution in [-0.4, -0.2) is 21.1 Å². The molecule has 0 amide bonds. The largest absolute Gasteiger partial charge is 0.515 e. The summed E-state index contributed by atoms with van der Waals surface area (Å²) in [6.45, 7) is 8.87. The number of hydrogen-bond donors (Lipinski definition) is 2. The van der Waals surface area contributed by atoms with E-state index in [4.69, 9.17) is 5.11 Å². The second-order valence-corrected chi connectivity index (χ2v) is 8.13. The van der Waals surface area contributed by atoms with Crippen LogP contribution in [0.25, 0.3) is 0 Å². The zero-order valence-electron chi connectivity index (χ0n) is 14.2. The van der Waals surface area contributed by atoms with Crippen molar-refractivity contribution in [2.45, 2.75) is 66.2 Å². The Morgan fingerprint density at radius 2 is 1.77 bits per heavy atom. The van der Waals surface area contributed by atoms with Crippen LogP contribution in [0.3, 0.4) is 0 Å². The number of aliphatic hydroxyl groups is 1. The number of H-pyrrole nitrogens is 1. The highest BCUT2D eigenvalue weighted by atomic mass is 16.2. The molecule has 0 unspecified atom stereocenters. The van der Waals surface area contributed by atoms with E-state index in [0.29, 0.717) is 23.8 Å². The molecule has 0 aliphatic heterocycles. The van der Waals surface area contributed by atoms with Crippen LogP contribution in [0.2, 0.25) is 0 Å². The lowest BCUT2D eigenvalue weighted by Gasteiger charge is -2.29. The van der Waals surface area contributed by atoms with E-state index in [2.05, 4.69) is 37.9 Å². The molecule has 0 bridgehead atoms. The van der Waals surface area contributed by atoms with Crippen LogP contribution in [0.1, 0.15) is 64.6 Å². The van der Waals surface area contributed by atoms with E-state index in [-0.39, 0.29) is 11.2 Å². The first-order valence-electron chi connectivity index (χ1n) is 8.10. The van der Waals surface area contributed by atoms with Gasteiger partial charge in [0.2, 0.25) is 0 Å². The summed E-state index contributed by atoms with van der Waals surface area (Å²) in [5.74, 6) is 0.104. The van der Waals surface area contributed by atoms with E-state index in [9.17, 15) is 4.79 Å². The lowest BCUT2D eigenvalue weighted by molar-refractivity contribution is -0.117. The maximum absolute atomic E-state index is 11.1. The lowest BCUT2D eigenvalue weighted by Crippen LogP contribution is -2.23. The Morgan fingerprint density at radius 1 is 1.14 bits per heavy atom. The summed E-state index contributed by atoms with van der Waals surface area (Å²) in [6, 6.07) is 0. The number of nitrogens with one attached hydrogen (secondary N) is 1. The number of allylic oxidation sites excluding steroid dienone is 1. The third kappa shape index (κ3) is 4.21. The Bertz CT molecular complexity index is 567. The van der Waals surface area contributed by atoms with Crippen LogP contribution >= 0.6 is 0 Å². The van der Waals surface area contributed by atoms with Gasteiger partial charge in [-0.3, -0.25) is 9.89 Å². The van der Waals surface area contributed by atoms with Gasteiger partial charge in [-0.2, -0.15) is 5.10 Å². The molecule has 0 atom stereocenters. The Balaban J connectivity index is 0.000000160. The average molecular weight is 304 g/mol. The van der Waals surface area contributed by atoms with Gasteiger partial charge in [0.15, 0.2) is 5.78 Å². The van der Waals surface area contributed by atoms with E-state index in [1.807, 2.05) is 6.20 Å². The Morgan fingerprint density at radius 3 is 2.41 bits per heavy atom. The molecule has 0 radical (unpaired) electrons. The van der Waals surface area contributed by atoms with E-state index >= 15 is 0 Å². The van der Waals surface area contributed by atoms with Gasteiger partial charge in [0, 0.05) is 17.7 Å². The molecule has 3 rings (SSSR count). The zero-order valence-corrected chi connectivity index (χ0v) is 14.2. The highest BCUT2D eigenvalue weighted by molar-refractivity contribution is 5.95. The SMILES string of the molecule is CC1(C)CCC(=O)/C(=C\O)C1.CC1(C)CCc2[nH]ncc2C1. The number of carbonyl (C=O) groups excluding carboxylic acids is 1. The predicted octanol–water partition coefficient (Wildman–Crippen LogP) is 4.13. The number of fused-ring (bicyclic) bond motifs is 1. The average Bonchev–Trinajstić information content (AvgIpc) is 2.88. The van der Waals surface area contributed by atoms with Gasteiger partial charge in [0.05, 0.1) is 12.5 Å². The first kappa shape index (κ1) is 16.8. The maximum Gasteiger partial charge on any atom is 0.161 e. The molecule has 1 aromatic rings. The van der Waals surface area contributed by atoms with Crippen LogP contribution in [0.4, 0.5) is 0 Å². The van der Waals surface area contributed by atoms with E-state index < -0.39 is 0 Å². The minimum Gasteiger partial charge on any atom is -0.515 e. The lowest BCUT2D eigenvalue weighted by atomic mass is 9.75. The number of aryl methyl sites for hydroxylation is 1. The molecule has 1 aromatic heterocycles. The van der Waals surface area contributed by atoms with Crippen LogP contribution in [0.15, 0.2) is 18.0 Å². The van der Waals surface area contributed by atoms with Crippen LogP contribution in [0, 0.1) is 10.8 Å². The molecule has 1 heterocycles. The summed E-state index contributed by atoms with van der Waals surface area (Å²) >= 11 is 0. The minimum absolute atomic E-state index is 0.104. The topological polar surface area (TPSA) is 66.0 Å². The molecule has 22 heavy (non-hydrogen) atoms. The predicted molar refractivity (Wildman–Crippen MR) is 87.7 cm³/mol. The highest BCUT2D eigenvalue weighted by Crippen LogP contribution is 2.36. The molecular formula is C18H28N2O2. The molecule has 1 saturated carbocycles. The summed E-state index contributed by atoms with van der Waals surface area (Å²) in [4.78, 5) is 11.1. The standard InChI is InChI=1S/C9H14N2.C9H14O2/c1-9(2)4-3-8-7(5-9)6-10-11-8;1-9(2)4-3-8(11)7(5-9)6-10/h6H,3-5H2,1-2H3,(H,10,11);6,10H,3-5H2,1-2H3/b;7-6-. The van der Waals surface area contributed by atoms with Crippen LogP contribution in [-0.2, 0) is 17.6 Å². The number of carbonyl (C=O) groups is 1. The van der Waals surface area contributed by atoms with Crippen molar-refractivity contribution in [3.8, 4) is 0 Å². The Labute approximate surface area is 133 Å². The zero-order chi connectivity index (χ0) is 16.4. The molecule has 2 N–H and O–H groups in total. The molecule has 122 valence electrons. The summed E-state index contributed by atoms with van der Waals surface area (Å²) < 4.78 is 0. The molecule has 4 heteroatoms. The molecule has 0 saturated heterocycles. The third-order valence-corrected chi connectivity index (χ3v) is 4.74. The second kappa shape index (κ2) is 6.27. The number of hydrogen-bond acceptors (Lipinski definition) is 3. The molecule has 2 aliphatic rings. The minimum atomic E-state index is 0.104. The number of aromatic amines is 1. The van der Waals surface area contributed by atoms with Crippen LogP contribution in [0.5, 0.6) is 0 Å². The van der Waals surface area contributed by atoms with Crippen molar-refractivity contribution in [1.29, 1.82) is 0 Å². The summed E-state index contributed by atoms with van der Waals surface area (Å²) in [7, 11) is 0. The number of Topliss-reactive ketones (excluding diaryl/α,β-unsaturated/α-hetero) is 1. The van der Waals surface area contributed by atoms with Gasteiger partial charge in [0.1, 0.15) is 0 Å². The van der Waals surface area contributed by atoms with Crippen molar-refractivity contribution < 1.29 is 9.90 Å². The van der Waals surface area contributed by atoms with Crippen molar-refractivity contribution in [3.05, 3.63) is 29.3 Å². The number of nitrogens with zero attached hydrogens (tertiary/aromatic N) is 1. The van der Waals surface area contributed by atoms with Gasteiger partial charge in [-0.15, -0.1) is 0 Å². The summed E-state index contributed by atoms with van der Waals surface area (Å²) in [6.07, 6.45) is 8.79. The van der Waals surface area contributed by atoms with Crippen LogP contribution < -0.4 is 0 Å². The first-order chi connectivity index (χ1) is 10.2. The molecule has 0 spiro atoms. The molecule has 4 nitrogen and oxygen atoms in total. The van der Waals surface area contributed by atoms with Crippen molar-refractivity contribution in [2.75, 3.05) is 0 Å². The van der Waals surface area contributed by atoms with E-state index in [1.54, 1.807) is 0 Å². The fraction of sp³-hybridized carbons (Fsp3) is 0.667. The third-order valence-electron chi connectivity index (χ3n) is 4.74. The maximum atomic E-state index is 11.1. The van der Waals surface area contributed by atoms with Gasteiger partial charge in [-0.1, -0.05) is 27.7 Å². The Hall–Kier alpha value is -1.58. The number of rotatable bonds is 0. The first-order valence-corrected chi connectivity index (χ1v) is 8.10. The van der Waals surface area contributed by atoms with E-state index in [0.717, 1.165) is 12.7 Å². The normalized spacial score (nSPS) is 24.4. The van der Waals surface area contributed by atoms with E-state index in [1.165, 1.54) is 30.5 Å². The van der Waals surface area contributed by atoms with Gasteiger partial charge >= 0.3 is 0 Å². The summed E-state index contributed by atoms with van der Waals surface area (Å²) in [5, 5.41) is 15.8. The van der Waals surface area contributed by atoms with Crippen molar-refractivity contribution >= 4 is 5.78 Å². The second-order valence-electron chi connectivity index (χ2n) is 8.13. The quantitative estimate of drug-likeness (QED) is 0.559. The monoisotopic (exact) mass is 304 g/mol. The molecule has 0 aromatic carbocycles. The van der Waals surface area contributed by atoms with Gasteiger partial charge in [-0.05, 0) is 48.5 Å². The fourth-order valence-corrected chi connectivity index (χ4v) is 3.21. The number of ketones is 1. The van der Waals surface area contributed by atoms with Crippen molar-refractivity contribution in [3.63, 3.8) is 0 Å². The van der Waals surface area contributed by atoms with Gasteiger partial charge < -0.3 is 5.11 Å².